The normalized spacial score (nSPS) is 16.7. The maximum Gasteiger partial charge on any atom is 0.259 e. The van der Waals surface area contributed by atoms with Crippen LogP contribution in [0.4, 0.5) is 15.8 Å². The van der Waals surface area contributed by atoms with E-state index >= 15 is 0 Å². The average molecular weight is 568 g/mol. The number of benzene rings is 4. The summed E-state index contributed by atoms with van der Waals surface area (Å²) in [5.41, 5.74) is 4.97. The highest BCUT2D eigenvalue weighted by Crippen LogP contribution is 2.36. The van der Waals surface area contributed by atoms with E-state index in [0.717, 1.165) is 0 Å². The molecule has 2 amide bonds. The standard InChI is InChI=1S/C33H30FN3O3S/c1-22-11-12-23(2)28(19-22)35-15-17-36(18-16-35)32(38)24-13-14-31-29(20-24)37(21-25-7-3-5-9-27(25)34)33(39)26-8-4-6-10-30(26)41(31)40/h3-14,19-20H,15-18,21H2,1-2H3/t41-/m1/s1. The molecule has 0 aromatic heterocycles. The van der Waals surface area contributed by atoms with Crippen molar-refractivity contribution in [1.82, 2.24) is 4.90 Å². The fourth-order valence-corrected chi connectivity index (χ4v) is 6.89. The van der Waals surface area contributed by atoms with Gasteiger partial charge in [0, 0.05) is 43.0 Å². The van der Waals surface area contributed by atoms with E-state index in [0.29, 0.717) is 58.3 Å². The van der Waals surface area contributed by atoms with Gasteiger partial charge in [-0.3, -0.25) is 9.59 Å². The quantitative estimate of drug-likeness (QED) is 0.316. The average Bonchev–Trinajstić information content (AvgIpc) is 3.08. The van der Waals surface area contributed by atoms with E-state index in [1.165, 1.54) is 27.8 Å². The molecule has 6 nitrogen and oxygen atoms in total. The van der Waals surface area contributed by atoms with Crippen LogP contribution in [-0.4, -0.2) is 47.1 Å². The molecule has 6 rings (SSSR count). The number of rotatable bonds is 4. The molecule has 8 heteroatoms. The number of carbonyl (C=O) groups is 2. The molecule has 2 aliphatic heterocycles. The van der Waals surface area contributed by atoms with Gasteiger partial charge in [0.25, 0.3) is 11.8 Å². The maximum atomic E-state index is 14.7. The number of amides is 2. The Morgan fingerprint density at radius 1 is 0.829 bits per heavy atom. The molecule has 0 spiro atoms. The fourth-order valence-electron chi connectivity index (χ4n) is 5.54. The van der Waals surface area contributed by atoms with Crippen LogP contribution in [0, 0.1) is 19.7 Å². The SMILES string of the molecule is Cc1ccc(C)c(N2CCN(C(=O)c3ccc4c(c3)N(Cc3ccccc3F)C(=O)c3ccccc3[S@]4=O)CC2)c1. The molecule has 0 saturated carbocycles. The zero-order valence-corrected chi connectivity index (χ0v) is 23.8. The lowest BCUT2D eigenvalue weighted by Gasteiger charge is -2.37. The third-order valence-corrected chi connectivity index (χ3v) is 9.32. The minimum absolute atomic E-state index is 0.0593. The highest BCUT2D eigenvalue weighted by molar-refractivity contribution is 7.85. The van der Waals surface area contributed by atoms with Gasteiger partial charge in [0.15, 0.2) is 0 Å². The van der Waals surface area contributed by atoms with Gasteiger partial charge in [-0.15, -0.1) is 0 Å². The molecule has 0 aliphatic carbocycles. The summed E-state index contributed by atoms with van der Waals surface area (Å²) in [6, 6.07) is 24.4. The van der Waals surface area contributed by atoms with Crippen molar-refractivity contribution in [2.75, 3.05) is 36.0 Å². The van der Waals surface area contributed by atoms with E-state index in [1.54, 1.807) is 60.7 Å². The van der Waals surface area contributed by atoms with Crippen molar-refractivity contribution in [1.29, 1.82) is 0 Å². The number of aryl methyl sites for hydroxylation is 2. The van der Waals surface area contributed by atoms with Crippen LogP contribution in [0.25, 0.3) is 0 Å². The number of hydrogen-bond donors (Lipinski definition) is 0. The van der Waals surface area contributed by atoms with E-state index in [2.05, 4.69) is 36.9 Å². The van der Waals surface area contributed by atoms with Crippen molar-refractivity contribution < 1.29 is 18.2 Å². The number of piperazine rings is 1. The van der Waals surface area contributed by atoms with Gasteiger partial charge < -0.3 is 14.7 Å². The van der Waals surface area contributed by atoms with Crippen molar-refractivity contribution in [2.24, 2.45) is 0 Å². The Bertz CT molecular complexity index is 1700. The van der Waals surface area contributed by atoms with Crippen LogP contribution < -0.4 is 9.80 Å². The monoisotopic (exact) mass is 567 g/mol. The summed E-state index contributed by atoms with van der Waals surface area (Å²) in [4.78, 5) is 33.9. The van der Waals surface area contributed by atoms with Crippen molar-refractivity contribution in [3.8, 4) is 0 Å². The maximum absolute atomic E-state index is 14.7. The van der Waals surface area contributed by atoms with Gasteiger partial charge in [-0.25, -0.2) is 8.60 Å². The molecule has 4 aromatic carbocycles. The second-order valence-corrected chi connectivity index (χ2v) is 11.9. The van der Waals surface area contributed by atoms with E-state index in [4.69, 9.17) is 0 Å². The molecule has 0 radical (unpaired) electrons. The van der Waals surface area contributed by atoms with Crippen molar-refractivity contribution in [3.63, 3.8) is 0 Å². The van der Waals surface area contributed by atoms with Gasteiger partial charge in [-0.2, -0.15) is 0 Å². The van der Waals surface area contributed by atoms with Gasteiger partial charge in [0.1, 0.15) is 5.82 Å². The number of hydrogen-bond acceptors (Lipinski definition) is 4. The molecule has 208 valence electrons. The second kappa shape index (κ2) is 10.9. The molecular weight excluding hydrogens is 537 g/mol. The summed E-state index contributed by atoms with van der Waals surface area (Å²) in [7, 11) is -1.66. The van der Waals surface area contributed by atoms with Crippen LogP contribution in [0.15, 0.2) is 94.7 Å². The Morgan fingerprint density at radius 2 is 1.56 bits per heavy atom. The lowest BCUT2D eigenvalue weighted by molar-refractivity contribution is 0.0746. The lowest BCUT2D eigenvalue weighted by atomic mass is 10.1. The van der Waals surface area contributed by atoms with Gasteiger partial charge in [0.05, 0.1) is 38.4 Å². The number of nitrogens with zero attached hydrogens (tertiary/aromatic N) is 3. The van der Waals surface area contributed by atoms with Gasteiger partial charge >= 0.3 is 0 Å². The summed E-state index contributed by atoms with van der Waals surface area (Å²) in [5.74, 6) is -0.976. The zero-order valence-electron chi connectivity index (χ0n) is 23.0. The number of anilines is 2. The smallest absolute Gasteiger partial charge is 0.259 e. The summed E-state index contributed by atoms with van der Waals surface area (Å²) in [6.45, 7) is 6.63. The Kier molecular flexibility index (Phi) is 7.17. The molecule has 1 saturated heterocycles. The predicted molar refractivity (Wildman–Crippen MR) is 159 cm³/mol. The van der Waals surface area contributed by atoms with Crippen molar-refractivity contribution in [3.05, 3.63) is 119 Å². The van der Waals surface area contributed by atoms with Crippen LogP contribution in [0.3, 0.4) is 0 Å². The first-order valence-electron chi connectivity index (χ1n) is 13.6. The third kappa shape index (κ3) is 5.04. The number of fused-ring (bicyclic) bond motifs is 2. The Hall–Kier alpha value is -4.30. The molecule has 2 heterocycles. The highest BCUT2D eigenvalue weighted by atomic mass is 32.2. The Morgan fingerprint density at radius 3 is 2.34 bits per heavy atom. The Labute approximate surface area is 241 Å². The molecule has 1 fully saturated rings. The van der Waals surface area contributed by atoms with E-state index in [-0.39, 0.29) is 18.4 Å². The van der Waals surface area contributed by atoms with Crippen LogP contribution in [0.1, 0.15) is 37.4 Å². The number of halogens is 1. The minimum Gasteiger partial charge on any atom is -0.368 e. The molecule has 4 aromatic rings. The number of carbonyl (C=O) groups excluding carboxylic acids is 2. The van der Waals surface area contributed by atoms with Gasteiger partial charge in [-0.1, -0.05) is 42.5 Å². The van der Waals surface area contributed by atoms with Crippen LogP contribution in [-0.2, 0) is 17.3 Å². The van der Waals surface area contributed by atoms with Gasteiger partial charge in [-0.05, 0) is 67.4 Å². The van der Waals surface area contributed by atoms with Crippen LogP contribution >= 0.6 is 0 Å². The van der Waals surface area contributed by atoms with Crippen LogP contribution in [0.5, 0.6) is 0 Å². The van der Waals surface area contributed by atoms with Crippen molar-refractivity contribution >= 4 is 34.0 Å². The minimum atomic E-state index is -1.66. The van der Waals surface area contributed by atoms with E-state index in [1.807, 2.05) is 4.90 Å². The molecular formula is C33H30FN3O3S. The zero-order chi connectivity index (χ0) is 28.7. The lowest BCUT2D eigenvalue weighted by Crippen LogP contribution is -2.49. The van der Waals surface area contributed by atoms with E-state index < -0.39 is 16.6 Å². The third-order valence-electron chi connectivity index (χ3n) is 7.82. The molecule has 41 heavy (non-hydrogen) atoms. The summed E-state index contributed by atoms with van der Waals surface area (Å²) >= 11 is 0. The Balaban J connectivity index is 1.32. The van der Waals surface area contributed by atoms with Crippen LogP contribution in [0.2, 0.25) is 0 Å². The first-order valence-corrected chi connectivity index (χ1v) is 14.8. The molecule has 0 N–H and O–H groups in total. The first kappa shape index (κ1) is 26.9. The largest absolute Gasteiger partial charge is 0.368 e. The topological polar surface area (TPSA) is 60.9 Å². The first-order chi connectivity index (χ1) is 19.8. The molecule has 0 unspecified atom stereocenters. The van der Waals surface area contributed by atoms with E-state index in [9.17, 15) is 18.2 Å². The van der Waals surface area contributed by atoms with Crippen molar-refractivity contribution in [2.45, 2.75) is 30.2 Å². The summed E-state index contributed by atoms with van der Waals surface area (Å²) < 4.78 is 28.4. The summed E-state index contributed by atoms with van der Waals surface area (Å²) in [6.07, 6.45) is 0. The second-order valence-electron chi connectivity index (χ2n) is 10.5. The predicted octanol–water partition coefficient (Wildman–Crippen LogP) is 5.73. The molecule has 2 aliphatic rings. The van der Waals surface area contributed by atoms with Gasteiger partial charge in [0.2, 0.25) is 0 Å². The molecule has 0 bridgehead atoms. The molecule has 1 atom stereocenters. The highest BCUT2D eigenvalue weighted by Gasteiger charge is 2.33. The fraction of sp³-hybridized carbons (Fsp3) is 0.212. The summed E-state index contributed by atoms with van der Waals surface area (Å²) in [5, 5.41) is 0.